The number of fused-ring (bicyclic) bond motifs is 2. The van der Waals surface area contributed by atoms with Crippen LogP contribution in [0.15, 0.2) is 0 Å². The Balaban J connectivity index is 0.000000492. The monoisotopic (exact) mass is 284 g/mol. The van der Waals surface area contributed by atoms with Crippen LogP contribution < -0.4 is 0 Å². The van der Waals surface area contributed by atoms with Gasteiger partial charge in [-0.15, -0.1) is 0 Å². The summed E-state index contributed by atoms with van der Waals surface area (Å²) >= 11 is 1.75. The highest BCUT2D eigenvalue weighted by molar-refractivity contribution is 7.97. The number of alkyl halides is 3. The van der Waals surface area contributed by atoms with E-state index in [-0.39, 0.29) is 12.3 Å². The summed E-state index contributed by atoms with van der Waals surface area (Å²) < 4.78 is 37.4. The van der Waals surface area contributed by atoms with Gasteiger partial charge in [0, 0.05) is 0 Å². The average Bonchev–Trinajstić information content (AvgIpc) is 2.77. The zero-order valence-corrected chi connectivity index (χ0v) is 12.1. The van der Waals surface area contributed by atoms with Crippen LogP contribution in [0.5, 0.6) is 0 Å². The van der Waals surface area contributed by atoms with Crippen LogP contribution >= 0.6 is 11.8 Å². The average molecular weight is 284 g/mol. The van der Waals surface area contributed by atoms with Gasteiger partial charge in [-0.1, -0.05) is 6.42 Å². The largest absolute Gasteiger partial charge is 0.416 e. The molecule has 2 aliphatic carbocycles. The molecule has 0 aromatic rings. The fraction of sp³-hybridized carbons (Fsp3) is 1.00. The summed E-state index contributed by atoms with van der Waals surface area (Å²) in [5, 5.41) is 9.41. The van der Waals surface area contributed by atoms with Gasteiger partial charge in [0.25, 0.3) is 0 Å². The zero-order chi connectivity index (χ0) is 14.0. The Hall–Kier alpha value is 0.100. The van der Waals surface area contributed by atoms with E-state index in [0.29, 0.717) is 11.8 Å². The molecule has 2 fully saturated rings. The second-order valence-electron chi connectivity index (χ2n) is 5.82. The number of hydrogen-bond acceptors (Lipinski definition) is 2. The topological polar surface area (TPSA) is 20.2 Å². The van der Waals surface area contributed by atoms with Crippen LogP contribution in [0.2, 0.25) is 0 Å². The maximum Gasteiger partial charge on any atom is 0.416 e. The van der Waals surface area contributed by atoms with Crippen LogP contribution in [0.3, 0.4) is 0 Å². The van der Waals surface area contributed by atoms with Gasteiger partial charge in [-0.05, 0) is 62.9 Å². The summed E-state index contributed by atoms with van der Waals surface area (Å²) in [7, 11) is 0. The minimum Gasteiger partial charge on any atom is -0.381 e. The van der Waals surface area contributed by atoms with Gasteiger partial charge in [-0.2, -0.15) is 24.9 Å². The molecule has 108 valence electrons. The van der Waals surface area contributed by atoms with Crippen LogP contribution in [0.4, 0.5) is 13.2 Å². The zero-order valence-electron chi connectivity index (χ0n) is 11.3. The van der Waals surface area contributed by atoms with Crippen LogP contribution in [0.25, 0.3) is 0 Å². The Kier molecular flexibility index (Phi) is 5.42. The molecule has 0 radical (unpaired) electrons. The lowest BCUT2D eigenvalue weighted by molar-refractivity contribution is -0.259. The van der Waals surface area contributed by atoms with Gasteiger partial charge in [-0.25, -0.2) is 0 Å². The first-order valence-electron chi connectivity index (χ1n) is 6.40. The molecule has 5 heteroatoms. The number of thioether (sulfide) groups is 1. The van der Waals surface area contributed by atoms with Crippen LogP contribution in [0.1, 0.15) is 39.0 Å². The number of rotatable bonds is 2. The van der Waals surface area contributed by atoms with Crippen LogP contribution in [-0.4, -0.2) is 29.4 Å². The maximum atomic E-state index is 12.5. The maximum absolute atomic E-state index is 12.5. The first-order chi connectivity index (χ1) is 8.21. The molecule has 2 aliphatic rings. The fourth-order valence-corrected chi connectivity index (χ4v) is 3.25. The standard InChI is InChI=1S/C11H17F3O.C2H6S/c1-10(15,11(12,13)14)6-9-5-7-2-3-8(9)4-7;1-3-2/h7-9,15H,2-6H2,1H3;1-2H3. The Morgan fingerprint density at radius 2 is 1.72 bits per heavy atom. The summed E-state index contributed by atoms with van der Waals surface area (Å²) in [5.74, 6) is 1.15. The normalized spacial score (nSPS) is 33.8. The lowest BCUT2D eigenvalue weighted by Gasteiger charge is -2.32. The van der Waals surface area contributed by atoms with Crippen molar-refractivity contribution in [2.24, 2.45) is 17.8 Å². The highest BCUT2D eigenvalue weighted by Crippen LogP contribution is 2.52. The van der Waals surface area contributed by atoms with Crippen LogP contribution in [0, 0.1) is 17.8 Å². The quantitative estimate of drug-likeness (QED) is 0.823. The van der Waals surface area contributed by atoms with Gasteiger partial charge < -0.3 is 5.11 Å². The molecule has 1 N–H and O–H groups in total. The first-order valence-corrected chi connectivity index (χ1v) is 8.03. The van der Waals surface area contributed by atoms with Gasteiger partial charge in [-0.3, -0.25) is 0 Å². The second-order valence-corrected chi connectivity index (χ2v) is 6.64. The molecular formula is C13H23F3OS. The van der Waals surface area contributed by atoms with Crippen molar-refractivity contribution in [3.63, 3.8) is 0 Å². The van der Waals surface area contributed by atoms with Crippen molar-refractivity contribution in [1.29, 1.82) is 0 Å². The molecule has 0 aromatic heterocycles. The smallest absolute Gasteiger partial charge is 0.381 e. The third kappa shape index (κ3) is 3.80. The predicted molar refractivity (Wildman–Crippen MR) is 69.7 cm³/mol. The minimum atomic E-state index is -4.49. The molecule has 4 atom stereocenters. The van der Waals surface area contributed by atoms with Gasteiger partial charge in [0.1, 0.15) is 0 Å². The summed E-state index contributed by atoms with van der Waals surface area (Å²) in [6, 6.07) is 0. The van der Waals surface area contributed by atoms with E-state index in [1.165, 1.54) is 6.42 Å². The van der Waals surface area contributed by atoms with Crippen molar-refractivity contribution in [2.45, 2.75) is 50.8 Å². The molecule has 0 saturated heterocycles. The van der Waals surface area contributed by atoms with Gasteiger partial charge >= 0.3 is 6.18 Å². The molecule has 1 nitrogen and oxygen atoms in total. The highest BCUT2D eigenvalue weighted by Gasteiger charge is 2.53. The molecule has 2 saturated carbocycles. The SMILES string of the molecule is CC(O)(CC1CC2CCC1C2)C(F)(F)F.CSC. The van der Waals surface area contributed by atoms with E-state index >= 15 is 0 Å². The molecular weight excluding hydrogens is 261 g/mol. The lowest BCUT2D eigenvalue weighted by Crippen LogP contribution is -2.44. The Morgan fingerprint density at radius 3 is 2.06 bits per heavy atom. The summed E-state index contributed by atoms with van der Waals surface area (Å²) in [6.45, 7) is 0.902. The lowest BCUT2D eigenvalue weighted by atomic mass is 9.81. The van der Waals surface area contributed by atoms with E-state index in [2.05, 4.69) is 0 Å². The number of hydrogen-bond donors (Lipinski definition) is 1. The minimum absolute atomic E-state index is 0.0837. The summed E-state index contributed by atoms with van der Waals surface area (Å²) in [6.07, 6.45) is 3.68. The van der Waals surface area contributed by atoms with E-state index in [9.17, 15) is 18.3 Å². The highest BCUT2D eigenvalue weighted by atomic mass is 32.2. The van der Waals surface area contributed by atoms with Crippen molar-refractivity contribution in [2.75, 3.05) is 12.5 Å². The van der Waals surface area contributed by atoms with Crippen molar-refractivity contribution in [3.05, 3.63) is 0 Å². The molecule has 0 amide bonds. The van der Waals surface area contributed by atoms with Crippen molar-refractivity contribution >= 4 is 11.8 Å². The van der Waals surface area contributed by atoms with E-state index in [0.717, 1.165) is 26.2 Å². The Morgan fingerprint density at radius 1 is 1.17 bits per heavy atom. The van der Waals surface area contributed by atoms with Crippen molar-refractivity contribution in [1.82, 2.24) is 0 Å². The predicted octanol–water partition coefficient (Wildman–Crippen LogP) is 4.11. The third-order valence-electron chi connectivity index (χ3n) is 4.15. The molecule has 18 heavy (non-hydrogen) atoms. The van der Waals surface area contributed by atoms with E-state index < -0.39 is 11.8 Å². The van der Waals surface area contributed by atoms with Gasteiger partial charge in [0.15, 0.2) is 5.60 Å². The fourth-order valence-electron chi connectivity index (χ4n) is 3.25. The molecule has 2 rings (SSSR count). The van der Waals surface area contributed by atoms with E-state index in [4.69, 9.17) is 0 Å². The Labute approximate surface area is 112 Å². The first kappa shape index (κ1) is 16.2. The van der Waals surface area contributed by atoms with Crippen molar-refractivity contribution < 1.29 is 18.3 Å². The Bertz CT molecular complexity index is 265. The van der Waals surface area contributed by atoms with E-state index in [1.54, 1.807) is 11.8 Å². The number of halogens is 3. The van der Waals surface area contributed by atoms with Crippen LogP contribution in [-0.2, 0) is 0 Å². The number of aliphatic hydroxyl groups is 1. The molecule has 0 aromatic carbocycles. The molecule has 2 bridgehead atoms. The summed E-state index contributed by atoms with van der Waals surface area (Å²) in [5.41, 5.74) is -2.50. The third-order valence-corrected chi connectivity index (χ3v) is 4.15. The molecule has 0 heterocycles. The summed E-state index contributed by atoms with van der Waals surface area (Å²) in [4.78, 5) is 0. The molecule has 4 unspecified atom stereocenters. The molecule has 0 spiro atoms. The van der Waals surface area contributed by atoms with Crippen molar-refractivity contribution in [3.8, 4) is 0 Å². The van der Waals surface area contributed by atoms with Gasteiger partial charge in [0.2, 0.25) is 0 Å². The van der Waals surface area contributed by atoms with E-state index in [1.807, 2.05) is 12.5 Å². The molecule has 0 aliphatic heterocycles. The van der Waals surface area contributed by atoms with Gasteiger partial charge in [0.05, 0.1) is 0 Å². The second kappa shape index (κ2) is 6.04.